The Morgan fingerprint density at radius 3 is 2.50 bits per heavy atom. The number of hydrogen-bond acceptors (Lipinski definition) is 7. The molecule has 0 aliphatic carbocycles. The summed E-state index contributed by atoms with van der Waals surface area (Å²) in [4.78, 5) is 23.2. The number of thioether (sulfide) groups is 1. The van der Waals surface area contributed by atoms with Gasteiger partial charge in [0, 0.05) is 0 Å². The third kappa shape index (κ3) is 3.97. The van der Waals surface area contributed by atoms with Gasteiger partial charge >= 0.3 is 0 Å². The Bertz CT molecular complexity index is 618. The first kappa shape index (κ1) is 14.4. The molecular weight excluding hydrogens is 300 g/mol. The maximum absolute atomic E-state index is 11.8. The van der Waals surface area contributed by atoms with Crippen LogP contribution in [-0.2, 0) is 4.79 Å². The van der Waals surface area contributed by atoms with E-state index in [1.54, 1.807) is 24.3 Å². The van der Waals surface area contributed by atoms with Gasteiger partial charge in [0.15, 0.2) is 5.16 Å². The predicted molar refractivity (Wildman–Crippen MR) is 79.5 cm³/mol. The molecule has 0 aliphatic rings. The summed E-state index contributed by atoms with van der Waals surface area (Å²) >= 11 is 7.04. The molecule has 0 spiro atoms. The monoisotopic (exact) mass is 310 g/mol. The average molecular weight is 311 g/mol. The van der Waals surface area contributed by atoms with E-state index in [0.29, 0.717) is 15.9 Å². The molecule has 0 saturated carbocycles. The molecule has 0 radical (unpaired) electrons. The highest BCUT2D eigenvalue weighted by Crippen LogP contribution is 2.21. The Balaban J connectivity index is 1.94. The van der Waals surface area contributed by atoms with Crippen LogP contribution in [0.3, 0.4) is 0 Å². The fourth-order valence-corrected chi connectivity index (χ4v) is 2.16. The number of benzene rings is 1. The van der Waals surface area contributed by atoms with Crippen LogP contribution in [0.4, 0.5) is 17.6 Å². The van der Waals surface area contributed by atoms with E-state index < -0.39 is 0 Å². The zero-order valence-electron chi connectivity index (χ0n) is 10.2. The summed E-state index contributed by atoms with van der Waals surface area (Å²) in [6, 6.07) is 6.96. The molecule has 0 aliphatic heterocycles. The van der Waals surface area contributed by atoms with Gasteiger partial charge in [-0.3, -0.25) is 4.79 Å². The molecule has 20 heavy (non-hydrogen) atoms. The summed E-state index contributed by atoms with van der Waals surface area (Å²) in [6.45, 7) is 0. The number of carbonyl (C=O) groups is 1. The van der Waals surface area contributed by atoms with Crippen LogP contribution in [0.2, 0.25) is 5.02 Å². The fraction of sp³-hybridized carbons (Fsp3) is 0.0909. The molecule has 0 atom stereocenters. The number of nitrogens with one attached hydrogen (secondary N) is 1. The van der Waals surface area contributed by atoms with Crippen LogP contribution < -0.4 is 16.8 Å². The van der Waals surface area contributed by atoms with E-state index in [1.165, 1.54) is 0 Å². The van der Waals surface area contributed by atoms with E-state index in [9.17, 15) is 4.79 Å². The second-order valence-corrected chi connectivity index (χ2v) is 5.00. The van der Waals surface area contributed by atoms with Gasteiger partial charge in [-0.1, -0.05) is 35.5 Å². The van der Waals surface area contributed by atoms with Crippen molar-refractivity contribution in [1.82, 2.24) is 15.0 Å². The zero-order chi connectivity index (χ0) is 14.5. The van der Waals surface area contributed by atoms with Gasteiger partial charge in [0.2, 0.25) is 17.8 Å². The lowest BCUT2D eigenvalue weighted by Crippen LogP contribution is -2.15. The highest BCUT2D eigenvalue weighted by atomic mass is 35.5. The summed E-state index contributed by atoms with van der Waals surface area (Å²) in [6.07, 6.45) is 0. The highest BCUT2D eigenvalue weighted by molar-refractivity contribution is 7.99. The molecule has 104 valence electrons. The number of amides is 1. The van der Waals surface area contributed by atoms with E-state index in [2.05, 4.69) is 20.3 Å². The molecule has 1 aromatic carbocycles. The normalized spacial score (nSPS) is 10.2. The number of nitrogens with two attached hydrogens (primary N) is 2. The summed E-state index contributed by atoms with van der Waals surface area (Å²) in [5, 5.41) is 3.45. The van der Waals surface area contributed by atoms with Gasteiger partial charge in [0.05, 0.1) is 16.5 Å². The van der Waals surface area contributed by atoms with Crippen LogP contribution in [0.25, 0.3) is 0 Å². The largest absolute Gasteiger partial charge is 0.368 e. The van der Waals surface area contributed by atoms with Gasteiger partial charge in [-0.2, -0.15) is 15.0 Å². The second-order valence-electron chi connectivity index (χ2n) is 3.65. The van der Waals surface area contributed by atoms with Crippen molar-refractivity contribution in [3.8, 4) is 0 Å². The number of anilines is 3. The number of aromatic nitrogens is 3. The van der Waals surface area contributed by atoms with Crippen molar-refractivity contribution in [2.45, 2.75) is 5.16 Å². The lowest BCUT2D eigenvalue weighted by Gasteiger charge is -2.06. The molecule has 1 aromatic heterocycles. The van der Waals surface area contributed by atoms with E-state index in [1.807, 2.05) is 0 Å². The van der Waals surface area contributed by atoms with Gasteiger partial charge in [0.1, 0.15) is 0 Å². The fourth-order valence-electron chi connectivity index (χ4n) is 1.33. The van der Waals surface area contributed by atoms with Gasteiger partial charge in [-0.05, 0) is 12.1 Å². The lowest BCUT2D eigenvalue weighted by atomic mass is 10.3. The molecule has 2 rings (SSSR count). The van der Waals surface area contributed by atoms with Crippen molar-refractivity contribution < 1.29 is 4.79 Å². The van der Waals surface area contributed by atoms with Gasteiger partial charge in [0.25, 0.3) is 0 Å². The maximum Gasteiger partial charge on any atom is 0.234 e. The van der Waals surface area contributed by atoms with Crippen LogP contribution >= 0.6 is 23.4 Å². The third-order valence-corrected chi connectivity index (χ3v) is 3.31. The molecule has 7 nitrogen and oxygen atoms in total. The van der Waals surface area contributed by atoms with Crippen molar-refractivity contribution >= 4 is 46.9 Å². The first-order valence-electron chi connectivity index (χ1n) is 5.49. The van der Waals surface area contributed by atoms with Crippen LogP contribution in [0.1, 0.15) is 0 Å². The zero-order valence-corrected chi connectivity index (χ0v) is 11.8. The number of nitrogen functional groups attached to an aromatic ring is 2. The minimum absolute atomic E-state index is 0.0199. The lowest BCUT2D eigenvalue weighted by molar-refractivity contribution is -0.113. The molecule has 0 fully saturated rings. The quantitative estimate of drug-likeness (QED) is 0.730. The second kappa shape index (κ2) is 6.40. The van der Waals surface area contributed by atoms with Crippen molar-refractivity contribution in [3.05, 3.63) is 29.3 Å². The van der Waals surface area contributed by atoms with Crippen molar-refractivity contribution in [2.75, 3.05) is 22.5 Å². The van der Waals surface area contributed by atoms with Crippen LogP contribution in [0, 0.1) is 0 Å². The van der Waals surface area contributed by atoms with E-state index in [-0.39, 0.29) is 23.6 Å². The van der Waals surface area contributed by atoms with Crippen LogP contribution in [0.15, 0.2) is 29.4 Å². The molecule has 2 aromatic rings. The molecule has 0 bridgehead atoms. The molecular formula is C11H11ClN6OS. The summed E-state index contributed by atoms with van der Waals surface area (Å²) in [7, 11) is 0. The summed E-state index contributed by atoms with van der Waals surface area (Å²) < 4.78 is 0. The van der Waals surface area contributed by atoms with Crippen LogP contribution in [0.5, 0.6) is 0 Å². The smallest absolute Gasteiger partial charge is 0.234 e. The molecule has 1 amide bonds. The number of hydrogen-bond donors (Lipinski definition) is 3. The predicted octanol–water partition coefficient (Wildman–Crippen LogP) is 1.42. The average Bonchev–Trinajstić information content (AvgIpc) is 2.38. The van der Waals surface area contributed by atoms with E-state index >= 15 is 0 Å². The molecule has 0 unspecified atom stereocenters. The molecule has 5 N–H and O–H groups in total. The van der Waals surface area contributed by atoms with Gasteiger partial charge in [-0.25, -0.2) is 0 Å². The Hall–Kier alpha value is -2.06. The molecule has 1 heterocycles. The molecule has 0 saturated heterocycles. The van der Waals surface area contributed by atoms with Crippen molar-refractivity contribution in [1.29, 1.82) is 0 Å². The third-order valence-electron chi connectivity index (χ3n) is 2.13. The van der Waals surface area contributed by atoms with Gasteiger partial charge in [-0.15, -0.1) is 0 Å². The number of para-hydroxylation sites is 1. The number of carbonyl (C=O) groups excluding carboxylic acids is 1. The first-order chi connectivity index (χ1) is 9.54. The minimum atomic E-state index is -0.236. The number of rotatable bonds is 4. The standard InChI is InChI=1S/C11H11ClN6OS/c12-6-3-1-2-4-7(6)15-8(19)5-20-11-17-9(13)16-10(14)18-11/h1-4H,5H2,(H,15,19)(H4,13,14,16,17,18). The van der Waals surface area contributed by atoms with E-state index in [0.717, 1.165) is 11.8 Å². The summed E-state index contributed by atoms with van der Waals surface area (Å²) in [5.41, 5.74) is 11.4. The Morgan fingerprint density at radius 1 is 1.20 bits per heavy atom. The SMILES string of the molecule is Nc1nc(N)nc(SCC(=O)Nc2ccccc2Cl)n1. The first-order valence-corrected chi connectivity index (χ1v) is 6.85. The Morgan fingerprint density at radius 2 is 1.85 bits per heavy atom. The summed E-state index contributed by atoms with van der Waals surface area (Å²) in [5.74, 6) is -0.0904. The maximum atomic E-state index is 11.8. The highest BCUT2D eigenvalue weighted by Gasteiger charge is 2.08. The topological polar surface area (TPSA) is 120 Å². The van der Waals surface area contributed by atoms with Crippen molar-refractivity contribution in [2.24, 2.45) is 0 Å². The Labute approximate surface area is 124 Å². The number of nitrogens with zero attached hydrogens (tertiary/aromatic N) is 3. The number of halogens is 1. The Kier molecular flexibility index (Phi) is 4.59. The minimum Gasteiger partial charge on any atom is -0.368 e. The van der Waals surface area contributed by atoms with E-state index in [4.69, 9.17) is 23.1 Å². The van der Waals surface area contributed by atoms with Gasteiger partial charge < -0.3 is 16.8 Å². The van der Waals surface area contributed by atoms with Crippen LogP contribution in [-0.4, -0.2) is 26.6 Å². The van der Waals surface area contributed by atoms with Crippen molar-refractivity contribution in [3.63, 3.8) is 0 Å². The molecule has 9 heteroatoms.